The smallest absolute Gasteiger partial charge is 0.217 e. The monoisotopic (exact) mass is 175 g/mol. The van der Waals surface area contributed by atoms with Gasteiger partial charge < -0.3 is 14.4 Å². The van der Waals surface area contributed by atoms with Crippen molar-refractivity contribution in [2.45, 2.75) is 12.7 Å². The highest BCUT2D eigenvalue weighted by Gasteiger charge is 2.15. The quantitative estimate of drug-likeness (QED) is 0.538. The third-order valence-corrected chi connectivity index (χ3v) is 1.50. The zero-order valence-corrected chi connectivity index (χ0v) is 8.16. The second-order valence-electron chi connectivity index (χ2n) is 2.82. The second kappa shape index (κ2) is 6.11. The third-order valence-electron chi connectivity index (χ3n) is 1.50. The number of carbonyl (C=O) groups is 1. The molecule has 0 aliphatic rings. The molecule has 0 heterocycles. The molecule has 72 valence electrons. The fourth-order valence-electron chi connectivity index (χ4n) is 0.811. The van der Waals surface area contributed by atoms with E-state index in [4.69, 9.17) is 9.47 Å². The van der Waals surface area contributed by atoms with Crippen molar-refractivity contribution in [3.05, 3.63) is 0 Å². The Morgan fingerprint density at radius 1 is 1.33 bits per heavy atom. The van der Waals surface area contributed by atoms with Gasteiger partial charge in [-0.3, -0.25) is 4.79 Å². The molecule has 0 aliphatic carbocycles. The molecule has 4 nitrogen and oxygen atoms in total. The maximum Gasteiger partial charge on any atom is 0.217 e. The van der Waals surface area contributed by atoms with E-state index in [0.29, 0.717) is 6.42 Å². The zero-order chi connectivity index (χ0) is 9.56. The highest BCUT2D eigenvalue weighted by Crippen LogP contribution is 1.97. The Hall–Kier alpha value is -0.450. The first kappa shape index (κ1) is 11.6. The van der Waals surface area contributed by atoms with Crippen LogP contribution in [0, 0.1) is 0 Å². The lowest BCUT2D eigenvalue weighted by Crippen LogP contribution is -2.28. The summed E-state index contributed by atoms with van der Waals surface area (Å²) in [6.45, 7) is 0.724. The lowest BCUT2D eigenvalue weighted by Gasteiger charge is -2.13. The van der Waals surface area contributed by atoms with Crippen LogP contribution in [0.25, 0.3) is 0 Å². The third kappa shape index (κ3) is 4.43. The molecule has 0 N–H and O–H groups in total. The van der Waals surface area contributed by atoms with Crippen LogP contribution >= 0.6 is 0 Å². The topological polar surface area (TPSA) is 38.8 Å². The molecule has 0 aromatic carbocycles. The van der Waals surface area contributed by atoms with Gasteiger partial charge in [-0.25, -0.2) is 0 Å². The Bertz CT molecular complexity index is 132. The van der Waals surface area contributed by atoms with Crippen molar-refractivity contribution in [1.82, 2.24) is 4.90 Å². The van der Waals surface area contributed by atoms with Crippen LogP contribution in [-0.4, -0.2) is 51.8 Å². The van der Waals surface area contributed by atoms with Crippen molar-refractivity contribution < 1.29 is 14.3 Å². The van der Waals surface area contributed by atoms with Crippen LogP contribution in [0.3, 0.4) is 0 Å². The molecule has 0 fully saturated rings. The average molecular weight is 175 g/mol. The molecular formula is C8H17NO3. The van der Waals surface area contributed by atoms with Gasteiger partial charge in [-0.15, -0.1) is 0 Å². The lowest BCUT2D eigenvalue weighted by molar-refractivity contribution is -0.156. The summed E-state index contributed by atoms with van der Waals surface area (Å²) in [4.78, 5) is 13.2. The number of methoxy groups -OCH3 is 2. The number of carbonyl (C=O) groups excluding carboxylic acids is 1. The van der Waals surface area contributed by atoms with Crippen molar-refractivity contribution in [2.24, 2.45) is 0 Å². The van der Waals surface area contributed by atoms with Crippen LogP contribution in [0.2, 0.25) is 0 Å². The minimum atomic E-state index is -0.704. The summed E-state index contributed by atoms with van der Waals surface area (Å²) in [6, 6.07) is 0. The number of nitrogens with zero attached hydrogens (tertiary/aromatic N) is 1. The maximum absolute atomic E-state index is 11.2. The number of hydrogen-bond acceptors (Lipinski definition) is 4. The summed E-state index contributed by atoms with van der Waals surface area (Å²) in [6.07, 6.45) is -0.246. The molecule has 4 heteroatoms. The van der Waals surface area contributed by atoms with E-state index in [0.717, 1.165) is 6.54 Å². The van der Waals surface area contributed by atoms with Crippen LogP contribution in [0.4, 0.5) is 0 Å². The molecule has 0 bridgehead atoms. The van der Waals surface area contributed by atoms with Crippen molar-refractivity contribution in [1.29, 1.82) is 0 Å². The first-order valence-electron chi connectivity index (χ1n) is 3.84. The van der Waals surface area contributed by atoms with Crippen LogP contribution < -0.4 is 0 Å². The SMILES string of the molecule is COC(OC)C(=O)CCN(C)C. The minimum Gasteiger partial charge on any atom is -0.349 e. The fraction of sp³-hybridized carbons (Fsp3) is 0.875. The first-order chi connectivity index (χ1) is 5.61. The summed E-state index contributed by atoms with van der Waals surface area (Å²) in [5.41, 5.74) is 0. The molecule has 0 amide bonds. The van der Waals surface area contributed by atoms with E-state index in [1.807, 2.05) is 19.0 Å². The van der Waals surface area contributed by atoms with Crippen LogP contribution in [0.15, 0.2) is 0 Å². The van der Waals surface area contributed by atoms with Crippen molar-refractivity contribution >= 4 is 5.78 Å². The van der Waals surface area contributed by atoms with Crippen LogP contribution in [-0.2, 0) is 14.3 Å². The maximum atomic E-state index is 11.2. The molecule has 0 aromatic rings. The van der Waals surface area contributed by atoms with E-state index in [1.165, 1.54) is 14.2 Å². The van der Waals surface area contributed by atoms with Gasteiger partial charge in [-0.1, -0.05) is 0 Å². The largest absolute Gasteiger partial charge is 0.349 e. The molecule has 0 saturated heterocycles. The highest BCUT2D eigenvalue weighted by molar-refractivity contribution is 5.81. The molecule has 0 rings (SSSR count). The second-order valence-corrected chi connectivity index (χ2v) is 2.82. The molecule has 0 spiro atoms. The average Bonchev–Trinajstić information content (AvgIpc) is 2.03. The Labute approximate surface area is 73.4 Å². The Kier molecular flexibility index (Phi) is 5.88. The van der Waals surface area contributed by atoms with Crippen LogP contribution in [0.5, 0.6) is 0 Å². The predicted octanol–water partition coefficient (Wildman–Crippen LogP) is 0.126. The van der Waals surface area contributed by atoms with Crippen LogP contribution in [0.1, 0.15) is 6.42 Å². The number of rotatable bonds is 6. The summed E-state index contributed by atoms with van der Waals surface area (Å²) >= 11 is 0. The van der Waals surface area contributed by atoms with Gasteiger partial charge in [0.15, 0.2) is 5.78 Å². The molecule has 0 aromatic heterocycles. The van der Waals surface area contributed by atoms with Crippen molar-refractivity contribution in [2.75, 3.05) is 34.9 Å². The Balaban J connectivity index is 3.69. The fourth-order valence-corrected chi connectivity index (χ4v) is 0.811. The predicted molar refractivity (Wildman–Crippen MR) is 46.0 cm³/mol. The molecule has 0 unspecified atom stereocenters. The van der Waals surface area contributed by atoms with E-state index < -0.39 is 6.29 Å². The minimum absolute atomic E-state index is 0.0197. The normalized spacial score (nSPS) is 11.2. The van der Waals surface area contributed by atoms with Gasteiger partial charge in [-0.05, 0) is 14.1 Å². The van der Waals surface area contributed by atoms with E-state index >= 15 is 0 Å². The van der Waals surface area contributed by atoms with Gasteiger partial charge in [0.2, 0.25) is 6.29 Å². The summed E-state index contributed by atoms with van der Waals surface area (Å²) in [5.74, 6) is -0.0197. The van der Waals surface area contributed by atoms with E-state index in [-0.39, 0.29) is 5.78 Å². The molecule has 0 aliphatic heterocycles. The number of ether oxygens (including phenoxy) is 2. The summed E-state index contributed by atoms with van der Waals surface area (Å²) in [5, 5.41) is 0. The molecular weight excluding hydrogens is 158 g/mol. The summed E-state index contributed by atoms with van der Waals surface area (Å²) in [7, 11) is 6.76. The van der Waals surface area contributed by atoms with Gasteiger partial charge in [0.1, 0.15) is 0 Å². The summed E-state index contributed by atoms with van der Waals surface area (Å²) < 4.78 is 9.61. The number of Topliss-reactive ketones (excluding diaryl/α,β-unsaturated/α-hetero) is 1. The van der Waals surface area contributed by atoms with Gasteiger partial charge in [0.25, 0.3) is 0 Å². The van der Waals surface area contributed by atoms with E-state index in [2.05, 4.69) is 0 Å². The molecule has 0 saturated carbocycles. The van der Waals surface area contributed by atoms with Gasteiger partial charge >= 0.3 is 0 Å². The van der Waals surface area contributed by atoms with E-state index in [9.17, 15) is 4.79 Å². The molecule has 12 heavy (non-hydrogen) atoms. The Morgan fingerprint density at radius 3 is 2.17 bits per heavy atom. The Morgan fingerprint density at radius 2 is 1.83 bits per heavy atom. The lowest BCUT2D eigenvalue weighted by atomic mass is 10.2. The zero-order valence-electron chi connectivity index (χ0n) is 8.16. The number of ketones is 1. The van der Waals surface area contributed by atoms with E-state index in [1.54, 1.807) is 0 Å². The standard InChI is InChI=1S/C8H17NO3/c1-9(2)6-5-7(10)8(11-3)12-4/h8H,5-6H2,1-4H3. The highest BCUT2D eigenvalue weighted by atomic mass is 16.7. The first-order valence-corrected chi connectivity index (χ1v) is 3.84. The van der Waals surface area contributed by atoms with Crippen molar-refractivity contribution in [3.63, 3.8) is 0 Å². The van der Waals surface area contributed by atoms with Crippen molar-refractivity contribution in [3.8, 4) is 0 Å². The molecule has 0 radical (unpaired) electrons. The van der Waals surface area contributed by atoms with Gasteiger partial charge in [0, 0.05) is 27.2 Å². The van der Waals surface area contributed by atoms with Gasteiger partial charge in [-0.2, -0.15) is 0 Å². The molecule has 0 atom stereocenters. The van der Waals surface area contributed by atoms with Gasteiger partial charge in [0.05, 0.1) is 0 Å². The number of hydrogen-bond donors (Lipinski definition) is 0.